The maximum absolute atomic E-state index is 13.9. The molecule has 0 amide bonds. The Morgan fingerprint density at radius 2 is 2.05 bits per heavy atom. The average molecular weight is 353 g/mol. The number of halogens is 2. The summed E-state index contributed by atoms with van der Waals surface area (Å²) in [4.78, 5) is -0.398. The van der Waals surface area contributed by atoms with E-state index in [9.17, 15) is 12.8 Å². The van der Waals surface area contributed by atoms with Gasteiger partial charge in [0.2, 0.25) is 10.0 Å². The molecule has 0 heterocycles. The topological polar surface area (TPSA) is 63.4 Å². The summed E-state index contributed by atoms with van der Waals surface area (Å²) in [5, 5.41) is 0. The number of hydrogen-bond acceptors (Lipinski definition) is 3. The average Bonchev–Trinajstić information content (AvgIpc) is 2.33. The molecule has 0 radical (unpaired) electrons. The Labute approximate surface area is 122 Å². The smallest absolute Gasteiger partial charge is 0.245 e. The zero-order chi connectivity index (χ0) is 14.8. The van der Waals surface area contributed by atoms with Crippen LogP contribution in [0, 0.1) is 11.7 Å². The third-order valence-corrected chi connectivity index (χ3v) is 5.37. The highest BCUT2D eigenvalue weighted by Gasteiger charge is 2.27. The van der Waals surface area contributed by atoms with Crippen molar-refractivity contribution >= 4 is 31.6 Å². The van der Waals surface area contributed by atoms with Crippen molar-refractivity contribution in [3.63, 3.8) is 0 Å². The lowest BCUT2D eigenvalue weighted by molar-refractivity contribution is 0.391. The number of sulfonamides is 1. The number of nitrogens with zero attached hydrogens (tertiary/aromatic N) is 1. The predicted molar refractivity (Wildman–Crippen MR) is 77.8 cm³/mol. The standard InChI is InChI=1S/C12H18BrFN2O2S/c1-4-8(2)7-16(3)19(17,18)11-6-9(15)5-10(13)12(11)14/h5-6,8H,4,7,15H2,1-3H3. The molecule has 0 saturated carbocycles. The summed E-state index contributed by atoms with van der Waals surface area (Å²) in [7, 11) is -2.43. The molecular weight excluding hydrogens is 335 g/mol. The molecular formula is C12H18BrFN2O2S. The second-order valence-corrected chi connectivity index (χ2v) is 7.48. The van der Waals surface area contributed by atoms with E-state index in [0.717, 1.165) is 16.8 Å². The van der Waals surface area contributed by atoms with Crippen LogP contribution in [0.15, 0.2) is 21.5 Å². The minimum atomic E-state index is -3.87. The quantitative estimate of drug-likeness (QED) is 0.828. The van der Waals surface area contributed by atoms with Crippen LogP contribution in [0.25, 0.3) is 0 Å². The molecule has 1 rings (SSSR count). The van der Waals surface area contributed by atoms with E-state index in [1.807, 2.05) is 13.8 Å². The molecule has 1 unspecified atom stereocenters. The number of benzene rings is 1. The molecule has 0 aromatic heterocycles. The fourth-order valence-electron chi connectivity index (χ4n) is 1.61. The van der Waals surface area contributed by atoms with E-state index in [4.69, 9.17) is 5.73 Å². The lowest BCUT2D eigenvalue weighted by atomic mass is 10.1. The third kappa shape index (κ3) is 3.67. The summed E-state index contributed by atoms with van der Waals surface area (Å²) in [5.74, 6) is -0.613. The minimum Gasteiger partial charge on any atom is -0.399 e. The SMILES string of the molecule is CCC(C)CN(C)S(=O)(=O)c1cc(N)cc(Br)c1F. The summed E-state index contributed by atoms with van der Waals surface area (Å²) in [5.41, 5.74) is 5.77. The van der Waals surface area contributed by atoms with E-state index < -0.39 is 20.7 Å². The van der Waals surface area contributed by atoms with E-state index >= 15 is 0 Å². The maximum atomic E-state index is 13.9. The van der Waals surface area contributed by atoms with Gasteiger partial charge in [0.05, 0.1) is 4.47 Å². The molecule has 0 spiro atoms. The molecule has 4 nitrogen and oxygen atoms in total. The van der Waals surface area contributed by atoms with Gasteiger partial charge in [-0.3, -0.25) is 0 Å². The van der Waals surface area contributed by atoms with E-state index in [1.54, 1.807) is 0 Å². The Morgan fingerprint density at radius 1 is 1.47 bits per heavy atom. The molecule has 0 saturated heterocycles. The zero-order valence-corrected chi connectivity index (χ0v) is 13.6. The van der Waals surface area contributed by atoms with Crippen molar-refractivity contribution in [2.24, 2.45) is 5.92 Å². The Balaban J connectivity index is 3.20. The maximum Gasteiger partial charge on any atom is 0.245 e. The molecule has 7 heteroatoms. The van der Waals surface area contributed by atoms with Gasteiger partial charge < -0.3 is 5.73 Å². The van der Waals surface area contributed by atoms with Gasteiger partial charge in [0.15, 0.2) is 5.82 Å². The van der Waals surface area contributed by atoms with Crippen LogP contribution in [0.2, 0.25) is 0 Å². The largest absolute Gasteiger partial charge is 0.399 e. The summed E-state index contributed by atoms with van der Waals surface area (Å²) >= 11 is 2.97. The summed E-state index contributed by atoms with van der Waals surface area (Å²) in [6.45, 7) is 4.26. The normalized spacial score (nSPS) is 13.8. The van der Waals surface area contributed by atoms with E-state index in [0.29, 0.717) is 6.54 Å². The van der Waals surface area contributed by atoms with Gasteiger partial charge in [-0.05, 0) is 34.0 Å². The summed E-state index contributed by atoms with van der Waals surface area (Å²) < 4.78 is 39.8. The van der Waals surface area contributed by atoms with Crippen molar-refractivity contribution in [3.05, 3.63) is 22.4 Å². The van der Waals surface area contributed by atoms with Crippen LogP contribution in [0.5, 0.6) is 0 Å². The van der Waals surface area contributed by atoms with Gasteiger partial charge in [-0.2, -0.15) is 0 Å². The van der Waals surface area contributed by atoms with Crippen molar-refractivity contribution in [2.45, 2.75) is 25.2 Å². The van der Waals surface area contributed by atoms with Gasteiger partial charge in [-0.15, -0.1) is 0 Å². The van der Waals surface area contributed by atoms with Crippen molar-refractivity contribution in [2.75, 3.05) is 19.3 Å². The van der Waals surface area contributed by atoms with Gasteiger partial charge in [0, 0.05) is 19.3 Å². The van der Waals surface area contributed by atoms with Gasteiger partial charge >= 0.3 is 0 Å². The number of hydrogen-bond donors (Lipinski definition) is 1. The Kier molecular flexibility index (Phi) is 5.34. The molecule has 0 aliphatic carbocycles. The molecule has 0 fully saturated rings. The van der Waals surface area contributed by atoms with Gasteiger partial charge in [0.25, 0.3) is 0 Å². The number of nitrogens with two attached hydrogens (primary N) is 1. The highest BCUT2D eigenvalue weighted by Crippen LogP contribution is 2.28. The molecule has 0 bridgehead atoms. The molecule has 2 N–H and O–H groups in total. The first-order valence-electron chi connectivity index (χ1n) is 5.91. The van der Waals surface area contributed by atoms with Crippen molar-refractivity contribution < 1.29 is 12.8 Å². The second-order valence-electron chi connectivity index (χ2n) is 4.61. The lowest BCUT2D eigenvalue weighted by Crippen LogP contribution is -2.31. The third-order valence-electron chi connectivity index (χ3n) is 2.97. The first-order chi connectivity index (χ1) is 8.70. The molecule has 1 aromatic rings. The number of nitrogen functional groups attached to an aromatic ring is 1. The molecule has 0 aliphatic heterocycles. The monoisotopic (exact) mass is 352 g/mol. The Bertz CT molecular complexity index is 563. The predicted octanol–water partition coefficient (Wildman–Crippen LogP) is 2.84. The van der Waals surface area contributed by atoms with Crippen molar-refractivity contribution in [1.29, 1.82) is 0 Å². The van der Waals surface area contributed by atoms with Crippen LogP contribution >= 0.6 is 15.9 Å². The van der Waals surface area contributed by atoms with E-state index in [1.165, 1.54) is 13.1 Å². The number of anilines is 1. The minimum absolute atomic E-state index is 0.0445. The van der Waals surface area contributed by atoms with Gasteiger partial charge in [-0.1, -0.05) is 20.3 Å². The molecule has 1 atom stereocenters. The zero-order valence-electron chi connectivity index (χ0n) is 11.2. The number of rotatable bonds is 5. The van der Waals surface area contributed by atoms with Crippen molar-refractivity contribution in [3.8, 4) is 0 Å². The highest BCUT2D eigenvalue weighted by molar-refractivity contribution is 9.10. The first-order valence-corrected chi connectivity index (χ1v) is 8.14. The highest BCUT2D eigenvalue weighted by atomic mass is 79.9. The molecule has 19 heavy (non-hydrogen) atoms. The fraction of sp³-hybridized carbons (Fsp3) is 0.500. The van der Waals surface area contributed by atoms with Crippen LogP contribution in [0.4, 0.5) is 10.1 Å². The van der Waals surface area contributed by atoms with Crippen LogP contribution in [0.1, 0.15) is 20.3 Å². The first kappa shape index (κ1) is 16.4. The van der Waals surface area contributed by atoms with Crippen LogP contribution in [0.3, 0.4) is 0 Å². The molecule has 1 aromatic carbocycles. The molecule has 108 valence electrons. The summed E-state index contributed by atoms with van der Waals surface area (Å²) in [6, 6.07) is 2.48. The van der Waals surface area contributed by atoms with Crippen molar-refractivity contribution in [1.82, 2.24) is 4.31 Å². The van der Waals surface area contributed by atoms with E-state index in [2.05, 4.69) is 15.9 Å². The van der Waals surface area contributed by atoms with Crippen LogP contribution < -0.4 is 5.73 Å². The Hall–Kier alpha value is -0.660. The Morgan fingerprint density at radius 3 is 2.58 bits per heavy atom. The van der Waals surface area contributed by atoms with Crippen LogP contribution in [-0.4, -0.2) is 26.3 Å². The lowest BCUT2D eigenvalue weighted by Gasteiger charge is -2.21. The van der Waals surface area contributed by atoms with Gasteiger partial charge in [-0.25, -0.2) is 17.1 Å². The van der Waals surface area contributed by atoms with Crippen LogP contribution in [-0.2, 0) is 10.0 Å². The summed E-state index contributed by atoms with van der Waals surface area (Å²) in [6.07, 6.45) is 0.850. The van der Waals surface area contributed by atoms with Gasteiger partial charge in [0.1, 0.15) is 4.90 Å². The second kappa shape index (κ2) is 6.19. The molecule has 0 aliphatic rings. The fourth-order valence-corrected chi connectivity index (χ4v) is 3.62. The van der Waals surface area contributed by atoms with E-state index in [-0.39, 0.29) is 16.1 Å².